The lowest BCUT2D eigenvalue weighted by Crippen LogP contribution is -2.36. The molecule has 2 heteroatoms. The molecule has 0 amide bonds. The Kier molecular flexibility index (Phi) is 7.18. The number of anilines is 3. The minimum Gasteiger partial charge on any atom is -0.310 e. The minimum atomic E-state index is -0.508. The summed E-state index contributed by atoms with van der Waals surface area (Å²) < 4.78 is 0. The third kappa shape index (κ3) is 4.51. The fraction of sp³-hybridized carbons (Fsp3) is 0.0179. The van der Waals surface area contributed by atoms with Gasteiger partial charge in [-0.15, -0.1) is 0 Å². The van der Waals surface area contributed by atoms with E-state index in [0.29, 0.717) is 0 Å². The standard InChI is InChI=1S/C56H36N2/c1-3-18-37(19-4-1)53-41-22-7-9-24-43(41)55(44-25-10-8-23-42(44)53)50-35-34-38(36-57-50)40-27-17-31-49-54(40)45-26-11-12-28-46(45)56(49)47-29-13-15-32-51(47)58(39-20-5-2-6-21-39)52-33-16-14-30-48(52)56/h1-36H. The van der Waals surface area contributed by atoms with Crippen molar-refractivity contribution in [2.75, 3.05) is 4.90 Å². The summed E-state index contributed by atoms with van der Waals surface area (Å²) in [5.74, 6) is 0. The van der Waals surface area contributed by atoms with Crippen molar-refractivity contribution in [1.29, 1.82) is 0 Å². The highest BCUT2D eigenvalue weighted by atomic mass is 15.2. The molecule has 1 aromatic heterocycles. The van der Waals surface area contributed by atoms with Gasteiger partial charge in [-0.1, -0.05) is 182 Å². The van der Waals surface area contributed by atoms with Crippen LogP contribution in [0.25, 0.3) is 66.2 Å². The van der Waals surface area contributed by atoms with Gasteiger partial charge in [0.2, 0.25) is 0 Å². The lowest BCUT2D eigenvalue weighted by Gasteiger charge is -2.45. The van der Waals surface area contributed by atoms with E-state index < -0.39 is 5.41 Å². The van der Waals surface area contributed by atoms with Crippen molar-refractivity contribution in [2.45, 2.75) is 5.41 Å². The number of pyridine rings is 1. The quantitative estimate of drug-likeness (QED) is 0.167. The van der Waals surface area contributed by atoms with Crippen LogP contribution in [0, 0.1) is 0 Å². The van der Waals surface area contributed by atoms with Crippen molar-refractivity contribution >= 4 is 38.6 Å². The predicted molar refractivity (Wildman–Crippen MR) is 241 cm³/mol. The van der Waals surface area contributed by atoms with Gasteiger partial charge in [0.15, 0.2) is 0 Å². The maximum atomic E-state index is 5.32. The van der Waals surface area contributed by atoms with Crippen LogP contribution < -0.4 is 4.90 Å². The Bertz CT molecular complexity index is 3120. The van der Waals surface area contributed by atoms with Gasteiger partial charge in [0.1, 0.15) is 0 Å². The molecule has 58 heavy (non-hydrogen) atoms. The van der Waals surface area contributed by atoms with Gasteiger partial charge in [0.25, 0.3) is 0 Å². The SMILES string of the molecule is c1ccc(-c2c3ccccc3c(-c3ccc(-c4cccc5c4-c4ccccc4C54c5ccccc5N(c5ccccc5)c5ccccc54)cn3)c3ccccc23)cc1. The van der Waals surface area contributed by atoms with Gasteiger partial charge in [-0.3, -0.25) is 4.98 Å². The molecule has 1 spiro atoms. The summed E-state index contributed by atoms with van der Waals surface area (Å²) >= 11 is 0. The Hall–Kier alpha value is -7.55. The number of aromatic nitrogens is 1. The molecule has 0 fully saturated rings. The van der Waals surface area contributed by atoms with Gasteiger partial charge in [0.05, 0.1) is 22.5 Å². The Balaban J connectivity index is 1.07. The summed E-state index contributed by atoms with van der Waals surface area (Å²) in [6, 6.07) is 77.5. The Morgan fingerprint density at radius 2 is 0.828 bits per heavy atom. The van der Waals surface area contributed by atoms with Gasteiger partial charge in [-0.25, -0.2) is 0 Å². The van der Waals surface area contributed by atoms with Crippen LogP contribution in [0.2, 0.25) is 0 Å². The zero-order valence-electron chi connectivity index (χ0n) is 31.7. The first-order chi connectivity index (χ1) is 28.8. The highest BCUT2D eigenvalue weighted by Gasteiger charge is 2.52. The number of benzene rings is 9. The van der Waals surface area contributed by atoms with Gasteiger partial charge >= 0.3 is 0 Å². The summed E-state index contributed by atoms with van der Waals surface area (Å²) in [5, 5.41) is 4.87. The summed E-state index contributed by atoms with van der Waals surface area (Å²) in [7, 11) is 0. The van der Waals surface area contributed by atoms with Gasteiger partial charge in [-0.2, -0.15) is 0 Å². The summed E-state index contributed by atoms with van der Waals surface area (Å²) in [5.41, 5.74) is 17.7. The second-order valence-electron chi connectivity index (χ2n) is 15.4. The molecular formula is C56H36N2. The number of hydrogen-bond donors (Lipinski definition) is 0. The van der Waals surface area contributed by atoms with E-state index in [2.05, 4.69) is 223 Å². The number of fused-ring (bicyclic) bond motifs is 11. The van der Waals surface area contributed by atoms with Gasteiger partial charge < -0.3 is 4.90 Å². The second kappa shape index (κ2) is 12.7. The normalized spacial score (nSPS) is 13.3. The lowest BCUT2D eigenvalue weighted by atomic mass is 9.64. The van der Waals surface area contributed by atoms with Crippen molar-refractivity contribution < 1.29 is 0 Å². The van der Waals surface area contributed by atoms with E-state index in [9.17, 15) is 0 Å². The van der Waals surface area contributed by atoms with E-state index in [1.807, 2.05) is 0 Å². The van der Waals surface area contributed by atoms with Crippen LogP contribution >= 0.6 is 0 Å². The first-order valence-corrected chi connectivity index (χ1v) is 20.1. The molecule has 2 aliphatic rings. The molecule has 10 aromatic rings. The monoisotopic (exact) mass is 736 g/mol. The largest absolute Gasteiger partial charge is 0.310 e. The van der Waals surface area contributed by atoms with Crippen molar-refractivity contribution in [3.63, 3.8) is 0 Å². The third-order valence-corrected chi connectivity index (χ3v) is 12.5. The van der Waals surface area contributed by atoms with Crippen LogP contribution in [0.3, 0.4) is 0 Å². The van der Waals surface area contributed by atoms with Crippen LogP contribution in [0.5, 0.6) is 0 Å². The molecule has 12 rings (SSSR count). The molecule has 0 atom stereocenters. The molecular weight excluding hydrogens is 701 g/mol. The molecule has 0 N–H and O–H groups in total. The zero-order valence-corrected chi connectivity index (χ0v) is 31.7. The van der Waals surface area contributed by atoms with Gasteiger partial charge in [-0.05, 0) is 102 Å². The maximum absolute atomic E-state index is 5.32. The van der Waals surface area contributed by atoms with Crippen LogP contribution in [-0.4, -0.2) is 4.98 Å². The second-order valence-corrected chi connectivity index (χ2v) is 15.4. The predicted octanol–water partition coefficient (Wildman–Crippen LogP) is 14.5. The first kappa shape index (κ1) is 32.7. The lowest BCUT2D eigenvalue weighted by molar-refractivity contribution is 0.753. The number of hydrogen-bond acceptors (Lipinski definition) is 2. The van der Waals surface area contributed by atoms with Crippen LogP contribution in [0.15, 0.2) is 219 Å². The number of rotatable bonds is 4. The zero-order chi connectivity index (χ0) is 38.2. The molecule has 1 aliphatic carbocycles. The fourth-order valence-electron chi connectivity index (χ4n) is 10.3. The highest BCUT2D eigenvalue weighted by molar-refractivity contribution is 6.21. The molecule has 0 saturated carbocycles. The van der Waals surface area contributed by atoms with Crippen molar-refractivity contribution in [3.8, 4) is 44.6 Å². The van der Waals surface area contributed by atoms with E-state index in [1.165, 1.54) is 88.6 Å². The van der Waals surface area contributed by atoms with Crippen LogP contribution in [0.1, 0.15) is 22.3 Å². The Morgan fingerprint density at radius 3 is 1.45 bits per heavy atom. The van der Waals surface area contributed by atoms with E-state index >= 15 is 0 Å². The summed E-state index contributed by atoms with van der Waals surface area (Å²) in [6.45, 7) is 0. The molecule has 9 aromatic carbocycles. The number of nitrogens with zero attached hydrogens (tertiary/aromatic N) is 2. The Morgan fingerprint density at radius 1 is 0.328 bits per heavy atom. The average Bonchev–Trinajstić information content (AvgIpc) is 3.60. The highest BCUT2D eigenvalue weighted by Crippen LogP contribution is 2.64. The molecule has 0 radical (unpaired) electrons. The average molecular weight is 737 g/mol. The first-order valence-electron chi connectivity index (χ1n) is 20.1. The Labute approximate surface area is 338 Å². The van der Waals surface area contributed by atoms with E-state index in [0.717, 1.165) is 16.9 Å². The van der Waals surface area contributed by atoms with Crippen molar-refractivity contribution in [1.82, 2.24) is 4.98 Å². The van der Waals surface area contributed by atoms with Crippen LogP contribution in [0.4, 0.5) is 17.1 Å². The smallest absolute Gasteiger partial charge is 0.0754 e. The van der Waals surface area contributed by atoms with Crippen LogP contribution in [-0.2, 0) is 5.41 Å². The van der Waals surface area contributed by atoms with Crippen molar-refractivity contribution in [3.05, 3.63) is 241 Å². The molecule has 0 saturated heterocycles. The molecule has 2 nitrogen and oxygen atoms in total. The van der Waals surface area contributed by atoms with E-state index in [4.69, 9.17) is 4.98 Å². The minimum absolute atomic E-state index is 0.508. The summed E-state index contributed by atoms with van der Waals surface area (Å²) in [4.78, 5) is 7.76. The number of para-hydroxylation sites is 3. The molecule has 0 unspecified atom stereocenters. The molecule has 0 bridgehead atoms. The third-order valence-electron chi connectivity index (χ3n) is 12.5. The topological polar surface area (TPSA) is 16.1 Å². The van der Waals surface area contributed by atoms with E-state index in [1.54, 1.807) is 0 Å². The fourth-order valence-corrected chi connectivity index (χ4v) is 10.3. The molecule has 2 heterocycles. The summed E-state index contributed by atoms with van der Waals surface area (Å²) in [6.07, 6.45) is 2.09. The molecule has 270 valence electrons. The van der Waals surface area contributed by atoms with E-state index in [-0.39, 0.29) is 0 Å². The van der Waals surface area contributed by atoms with Gasteiger partial charge in [0, 0.05) is 23.0 Å². The maximum Gasteiger partial charge on any atom is 0.0754 e. The van der Waals surface area contributed by atoms with Crippen molar-refractivity contribution in [2.24, 2.45) is 0 Å². The molecule has 1 aliphatic heterocycles.